The maximum Gasteiger partial charge on any atom is 0.228 e. The van der Waals surface area contributed by atoms with Crippen LogP contribution in [0.15, 0.2) is 65.6 Å². The molecular formula is C27H26Cl2FNO3S. The normalized spacial score (nSPS) is 15.0. The second-order valence-corrected chi connectivity index (χ2v) is 10.5. The van der Waals surface area contributed by atoms with Crippen molar-refractivity contribution in [2.24, 2.45) is 0 Å². The summed E-state index contributed by atoms with van der Waals surface area (Å²) >= 11 is 14.3. The van der Waals surface area contributed by atoms with Gasteiger partial charge in [-0.1, -0.05) is 48.3 Å². The summed E-state index contributed by atoms with van der Waals surface area (Å²) in [5, 5.41) is 3.74. The largest absolute Gasteiger partial charge is 0.479 e. The van der Waals surface area contributed by atoms with Crippen LogP contribution in [-0.2, 0) is 21.6 Å². The molecule has 0 atom stereocenters. The van der Waals surface area contributed by atoms with E-state index in [2.05, 4.69) is 12.2 Å². The molecule has 184 valence electrons. The zero-order valence-electron chi connectivity index (χ0n) is 19.3. The highest BCUT2D eigenvalue weighted by Gasteiger charge is 2.39. The lowest BCUT2D eigenvalue weighted by atomic mass is 9.86. The van der Waals surface area contributed by atoms with E-state index < -0.39 is 11.4 Å². The molecule has 1 heterocycles. The van der Waals surface area contributed by atoms with Gasteiger partial charge in [0.05, 0.1) is 19.6 Å². The number of amides is 1. The standard InChI is InChI=1S/C27H26Cl2FNO3S/c1-2-35-21-7-3-18(4-8-21)15-26(32)31-20-6-10-25(24(30)17-20)34-27(11-13-33-14-12-27)22-9-5-19(28)16-23(22)29/h3-10,16-17H,2,11-15H2,1H3,(H,31,32). The fourth-order valence-corrected chi connectivity index (χ4v) is 5.36. The number of ether oxygens (including phenoxy) is 2. The zero-order valence-corrected chi connectivity index (χ0v) is 21.6. The maximum absolute atomic E-state index is 15.1. The van der Waals surface area contributed by atoms with Crippen molar-refractivity contribution in [2.75, 3.05) is 24.3 Å². The van der Waals surface area contributed by atoms with Crippen molar-refractivity contribution in [3.8, 4) is 5.75 Å². The third-order valence-corrected chi connectivity index (χ3v) is 7.28. The van der Waals surface area contributed by atoms with Gasteiger partial charge in [-0.3, -0.25) is 4.79 Å². The summed E-state index contributed by atoms with van der Waals surface area (Å²) in [6, 6.07) is 17.5. The van der Waals surface area contributed by atoms with Crippen LogP contribution in [0.3, 0.4) is 0 Å². The molecule has 1 aliphatic rings. The van der Waals surface area contributed by atoms with Gasteiger partial charge in [0.1, 0.15) is 5.60 Å². The minimum atomic E-state index is -0.840. The van der Waals surface area contributed by atoms with E-state index in [0.29, 0.717) is 41.8 Å². The van der Waals surface area contributed by atoms with Gasteiger partial charge in [0.2, 0.25) is 5.91 Å². The number of carbonyl (C=O) groups is 1. The van der Waals surface area contributed by atoms with Crippen LogP contribution in [0, 0.1) is 5.82 Å². The Bertz CT molecular complexity index is 1180. The highest BCUT2D eigenvalue weighted by atomic mass is 35.5. The van der Waals surface area contributed by atoms with Gasteiger partial charge in [-0.15, -0.1) is 11.8 Å². The van der Waals surface area contributed by atoms with Gasteiger partial charge in [-0.05, 0) is 47.7 Å². The molecular weight excluding hydrogens is 508 g/mol. The summed E-state index contributed by atoms with van der Waals surface area (Å²) in [5.41, 5.74) is 1.16. The van der Waals surface area contributed by atoms with Crippen LogP contribution in [0.5, 0.6) is 5.75 Å². The fourth-order valence-electron chi connectivity index (χ4n) is 4.12. The molecule has 0 saturated carbocycles. The van der Waals surface area contributed by atoms with E-state index in [1.54, 1.807) is 30.0 Å². The van der Waals surface area contributed by atoms with Crippen molar-refractivity contribution in [3.63, 3.8) is 0 Å². The fraction of sp³-hybridized carbons (Fsp3) is 0.296. The Hall–Kier alpha value is -2.25. The number of rotatable bonds is 8. The number of benzene rings is 3. The van der Waals surface area contributed by atoms with Crippen molar-refractivity contribution >= 4 is 46.6 Å². The Morgan fingerprint density at radius 1 is 1.09 bits per heavy atom. The van der Waals surface area contributed by atoms with Crippen LogP contribution in [0.4, 0.5) is 10.1 Å². The SMILES string of the molecule is CCSc1ccc(CC(=O)Nc2ccc(OC3(c4ccc(Cl)cc4Cl)CCOCC3)c(F)c2)cc1. The van der Waals surface area contributed by atoms with E-state index in [9.17, 15) is 4.79 Å². The van der Waals surface area contributed by atoms with Gasteiger partial charge >= 0.3 is 0 Å². The van der Waals surface area contributed by atoms with E-state index >= 15 is 4.39 Å². The molecule has 0 aliphatic carbocycles. The van der Waals surface area contributed by atoms with Gasteiger partial charge in [-0.25, -0.2) is 4.39 Å². The first kappa shape index (κ1) is 25.8. The Labute approximate surface area is 219 Å². The van der Waals surface area contributed by atoms with Crippen molar-refractivity contribution < 1.29 is 18.7 Å². The van der Waals surface area contributed by atoms with Crippen LogP contribution in [0.25, 0.3) is 0 Å². The molecule has 3 aromatic carbocycles. The predicted octanol–water partition coefficient (Wildman–Crippen LogP) is 7.51. The second kappa shape index (κ2) is 11.7. The molecule has 8 heteroatoms. The van der Waals surface area contributed by atoms with Crippen LogP contribution >= 0.6 is 35.0 Å². The molecule has 0 aromatic heterocycles. The number of thioether (sulfide) groups is 1. The van der Waals surface area contributed by atoms with Crippen LogP contribution in [0.2, 0.25) is 10.0 Å². The third kappa shape index (κ3) is 6.50. The first-order chi connectivity index (χ1) is 16.9. The maximum atomic E-state index is 15.1. The highest BCUT2D eigenvalue weighted by molar-refractivity contribution is 7.99. The molecule has 35 heavy (non-hydrogen) atoms. The number of hydrogen-bond acceptors (Lipinski definition) is 4. The van der Waals surface area contributed by atoms with E-state index in [1.807, 2.05) is 30.3 Å². The average Bonchev–Trinajstić information content (AvgIpc) is 2.83. The Kier molecular flexibility index (Phi) is 8.60. The summed E-state index contributed by atoms with van der Waals surface area (Å²) in [5.74, 6) is 0.287. The highest BCUT2D eigenvalue weighted by Crippen LogP contribution is 2.42. The van der Waals surface area contributed by atoms with Gasteiger partial charge in [0.15, 0.2) is 11.6 Å². The Morgan fingerprint density at radius 3 is 2.49 bits per heavy atom. The Morgan fingerprint density at radius 2 is 1.83 bits per heavy atom. The molecule has 0 bridgehead atoms. The summed E-state index contributed by atoms with van der Waals surface area (Å²) in [7, 11) is 0. The molecule has 1 saturated heterocycles. The van der Waals surface area contributed by atoms with Gasteiger partial charge in [0, 0.05) is 45.1 Å². The van der Waals surface area contributed by atoms with E-state index in [1.165, 1.54) is 12.1 Å². The molecule has 0 radical (unpaired) electrons. The lowest BCUT2D eigenvalue weighted by molar-refractivity contribution is -0.115. The third-order valence-electron chi connectivity index (χ3n) is 5.84. The predicted molar refractivity (Wildman–Crippen MR) is 140 cm³/mol. The molecule has 0 unspecified atom stereocenters. The second-order valence-electron chi connectivity index (χ2n) is 8.28. The lowest BCUT2D eigenvalue weighted by Crippen LogP contribution is -2.39. The van der Waals surface area contributed by atoms with Crippen LogP contribution in [-0.4, -0.2) is 24.9 Å². The van der Waals surface area contributed by atoms with E-state index in [4.69, 9.17) is 32.7 Å². The first-order valence-corrected chi connectivity index (χ1v) is 13.2. The monoisotopic (exact) mass is 533 g/mol. The summed E-state index contributed by atoms with van der Waals surface area (Å²) in [4.78, 5) is 13.7. The van der Waals surface area contributed by atoms with E-state index in [0.717, 1.165) is 21.8 Å². The number of nitrogens with one attached hydrogen (secondary N) is 1. The molecule has 0 spiro atoms. The summed E-state index contributed by atoms with van der Waals surface area (Å²) < 4.78 is 26.9. The van der Waals surface area contributed by atoms with Crippen molar-refractivity contribution in [2.45, 2.75) is 36.7 Å². The van der Waals surface area contributed by atoms with Gasteiger partial charge in [0.25, 0.3) is 0 Å². The quantitative estimate of drug-likeness (QED) is 0.304. The number of anilines is 1. The van der Waals surface area contributed by atoms with Crippen LogP contribution in [0.1, 0.15) is 30.9 Å². The topological polar surface area (TPSA) is 47.6 Å². The molecule has 4 rings (SSSR count). The molecule has 3 aromatic rings. The van der Waals surface area contributed by atoms with Crippen molar-refractivity contribution in [1.82, 2.24) is 0 Å². The minimum Gasteiger partial charge on any atom is -0.479 e. The smallest absolute Gasteiger partial charge is 0.228 e. The van der Waals surface area contributed by atoms with E-state index in [-0.39, 0.29) is 18.1 Å². The summed E-state index contributed by atoms with van der Waals surface area (Å²) in [6.07, 6.45) is 1.23. The average molecular weight is 534 g/mol. The zero-order chi connectivity index (χ0) is 24.8. The van der Waals surface area contributed by atoms with Gasteiger partial charge in [-0.2, -0.15) is 0 Å². The lowest BCUT2D eigenvalue weighted by Gasteiger charge is -2.38. The minimum absolute atomic E-state index is 0.0833. The van der Waals surface area contributed by atoms with Gasteiger partial charge < -0.3 is 14.8 Å². The molecule has 1 N–H and O–H groups in total. The van der Waals surface area contributed by atoms with Crippen molar-refractivity contribution in [3.05, 3.63) is 87.7 Å². The first-order valence-electron chi connectivity index (χ1n) is 11.4. The number of halogens is 3. The molecule has 1 fully saturated rings. The molecule has 1 aliphatic heterocycles. The van der Waals surface area contributed by atoms with Crippen LogP contribution < -0.4 is 10.1 Å². The summed E-state index contributed by atoms with van der Waals surface area (Å²) in [6.45, 7) is 3.03. The molecule has 4 nitrogen and oxygen atoms in total. The number of carbonyl (C=O) groups excluding carboxylic acids is 1. The Balaban J connectivity index is 1.47. The number of hydrogen-bond donors (Lipinski definition) is 1. The molecule has 1 amide bonds. The van der Waals surface area contributed by atoms with Crippen molar-refractivity contribution in [1.29, 1.82) is 0 Å².